The lowest BCUT2D eigenvalue weighted by atomic mass is 9.43. The molecule has 4 aliphatic rings. The number of nitrogens with one attached hydrogen (secondary N) is 1. The molecule has 1 saturated heterocycles. The summed E-state index contributed by atoms with van der Waals surface area (Å²) in [5.74, 6) is 5.61. The summed E-state index contributed by atoms with van der Waals surface area (Å²) in [5, 5.41) is 19.3. The Morgan fingerprint density at radius 1 is 1.21 bits per heavy atom. The molecule has 234 valence electrons. The van der Waals surface area contributed by atoms with Crippen molar-refractivity contribution in [1.29, 1.82) is 0 Å². The van der Waals surface area contributed by atoms with E-state index in [2.05, 4.69) is 41.2 Å². The third-order valence-corrected chi connectivity index (χ3v) is 12.2. The monoisotopic (exact) mass is 595 g/mol. The van der Waals surface area contributed by atoms with Crippen molar-refractivity contribution < 1.29 is 19.4 Å². The zero-order valence-corrected chi connectivity index (χ0v) is 25.9. The molecule has 2 bridgehead atoms. The SMILES string of the molecule is CC[C@]1(C)C[C@@H](OC(=O)c2nn(N)c3nc(N4CCNCC4)ncc3c2=O)[C@@]2(C)C3C(=O)CCC3(CC[C@H]2C)[C@@H](C)[C@@H]1O. The number of hydrogen-bond donors (Lipinski definition) is 3. The number of nitrogens with zero attached hydrogens (tertiary/aromatic N) is 5. The number of aliphatic hydroxyl groups excluding tert-OH is 1. The molecule has 2 aromatic rings. The molecule has 3 saturated carbocycles. The number of aliphatic hydroxyl groups is 1. The van der Waals surface area contributed by atoms with Gasteiger partial charge in [-0.05, 0) is 54.8 Å². The Morgan fingerprint density at radius 3 is 2.63 bits per heavy atom. The van der Waals surface area contributed by atoms with E-state index >= 15 is 0 Å². The van der Waals surface area contributed by atoms with E-state index in [0.29, 0.717) is 38.3 Å². The number of ether oxygens (including phenoxy) is 1. The minimum atomic E-state index is -0.890. The molecule has 8 atom stereocenters. The molecule has 0 aromatic carbocycles. The largest absolute Gasteiger partial charge is 0.457 e. The number of carbonyl (C=O) groups excluding carboxylic acids is 2. The van der Waals surface area contributed by atoms with Crippen LogP contribution in [0.4, 0.5) is 5.95 Å². The van der Waals surface area contributed by atoms with Gasteiger partial charge in [0.05, 0.1) is 11.5 Å². The molecule has 2 aromatic heterocycles. The summed E-state index contributed by atoms with van der Waals surface area (Å²) in [6, 6.07) is 0. The third-order valence-electron chi connectivity index (χ3n) is 12.2. The van der Waals surface area contributed by atoms with Crippen molar-refractivity contribution in [2.24, 2.45) is 34.0 Å². The zero-order valence-electron chi connectivity index (χ0n) is 25.9. The maximum atomic E-state index is 13.9. The van der Waals surface area contributed by atoms with Crippen molar-refractivity contribution in [2.45, 2.75) is 85.4 Å². The highest BCUT2D eigenvalue weighted by molar-refractivity contribution is 5.91. The van der Waals surface area contributed by atoms with E-state index in [1.807, 2.05) is 18.7 Å². The van der Waals surface area contributed by atoms with Gasteiger partial charge in [0.25, 0.3) is 0 Å². The molecule has 4 fully saturated rings. The normalized spacial score (nSPS) is 38.0. The van der Waals surface area contributed by atoms with E-state index in [1.54, 1.807) is 0 Å². The van der Waals surface area contributed by atoms with Crippen molar-refractivity contribution in [3.8, 4) is 0 Å². The minimum absolute atomic E-state index is 0.0740. The highest BCUT2D eigenvalue weighted by Crippen LogP contribution is 2.68. The molecule has 12 nitrogen and oxygen atoms in total. The van der Waals surface area contributed by atoms with Crippen LogP contribution in [0.3, 0.4) is 0 Å². The van der Waals surface area contributed by atoms with Crippen LogP contribution in [0.25, 0.3) is 11.0 Å². The van der Waals surface area contributed by atoms with Gasteiger partial charge in [0, 0.05) is 50.1 Å². The van der Waals surface area contributed by atoms with Crippen LogP contribution in [0.2, 0.25) is 0 Å². The van der Waals surface area contributed by atoms with Crippen LogP contribution in [0, 0.1) is 34.0 Å². The highest BCUT2D eigenvalue weighted by atomic mass is 16.5. The van der Waals surface area contributed by atoms with Gasteiger partial charge < -0.3 is 25.9 Å². The summed E-state index contributed by atoms with van der Waals surface area (Å²) in [7, 11) is 0. The van der Waals surface area contributed by atoms with Crippen molar-refractivity contribution in [3.05, 3.63) is 22.1 Å². The molecule has 0 radical (unpaired) electrons. The lowest BCUT2D eigenvalue weighted by Gasteiger charge is -2.62. The smallest absolute Gasteiger partial charge is 0.363 e. The number of nitrogen functional groups attached to an aromatic ring is 1. The van der Waals surface area contributed by atoms with Crippen LogP contribution in [0.1, 0.15) is 83.6 Å². The first-order valence-electron chi connectivity index (χ1n) is 15.8. The first-order valence-corrected chi connectivity index (χ1v) is 15.8. The second kappa shape index (κ2) is 10.5. The lowest BCUT2D eigenvalue weighted by Crippen LogP contribution is -2.63. The van der Waals surface area contributed by atoms with E-state index < -0.39 is 40.1 Å². The number of piperazine rings is 1. The average molecular weight is 596 g/mol. The quantitative estimate of drug-likeness (QED) is 0.350. The number of fused-ring (bicyclic) bond motifs is 1. The summed E-state index contributed by atoms with van der Waals surface area (Å²) >= 11 is 0. The fraction of sp³-hybridized carbons (Fsp3) is 0.742. The number of nitrogens with two attached hydrogens (primary N) is 1. The highest BCUT2D eigenvalue weighted by Gasteiger charge is 2.68. The lowest BCUT2D eigenvalue weighted by molar-refractivity contribution is -0.199. The molecule has 3 heterocycles. The first-order chi connectivity index (χ1) is 20.4. The fourth-order valence-electron chi connectivity index (χ4n) is 9.07. The molecular formula is C31H45N7O5. The summed E-state index contributed by atoms with van der Waals surface area (Å²) in [4.78, 5) is 53.0. The average Bonchev–Trinajstić information content (AvgIpc) is 3.37. The van der Waals surface area contributed by atoms with Crippen molar-refractivity contribution >= 4 is 28.7 Å². The van der Waals surface area contributed by atoms with Crippen molar-refractivity contribution in [2.75, 3.05) is 36.9 Å². The Labute approximate surface area is 251 Å². The van der Waals surface area contributed by atoms with Gasteiger partial charge >= 0.3 is 5.97 Å². The number of Topliss-reactive ketones (excluding diaryl/α,β-unsaturated/α-hetero) is 1. The molecule has 3 aliphatic carbocycles. The van der Waals surface area contributed by atoms with Gasteiger partial charge in [-0.3, -0.25) is 9.59 Å². The Balaban J connectivity index is 1.40. The molecule has 6 rings (SSSR count). The second-order valence-corrected chi connectivity index (χ2v) is 14.0. The summed E-state index contributed by atoms with van der Waals surface area (Å²) in [6.07, 6.45) is 3.96. The molecule has 0 spiro atoms. The fourth-order valence-corrected chi connectivity index (χ4v) is 9.07. The maximum absolute atomic E-state index is 13.9. The Bertz CT molecular complexity index is 1510. The zero-order chi connectivity index (χ0) is 30.9. The van der Waals surface area contributed by atoms with E-state index in [9.17, 15) is 19.5 Å². The van der Waals surface area contributed by atoms with Crippen LogP contribution in [-0.4, -0.2) is 75.1 Å². The first kappa shape index (κ1) is 29.9. The van der Waals surface area contributed by atoms with Crippen LogP contribution >= 0.6 is 0 Å². The predicted molar refractivity (Wildman–Crippen MR) is 161 cm³/mol. The molecule has 2 unspecified atom stereocenters. The van der Waals surface area contributed by atoms with Crippen LogP contribution in [0.15, 0.2) is 11.0 Å². The Hall–Kier alpha value is -3.12. The predicted octanol–water partition coefficient (Wildman–Crippen LogP) is 2.05. The maximum Gasteiger partial charge on any atom is 0.363 e. The topological polar surface area (TPSA) is 166 Å². The third kappa shape index (κ3) is 4.38. The summed E-state index contributed by atoms with van der Waals surface area (Å²) in [6.45, 7) is 13.4. The number of anilines is 1. The second-order valence-electron chi connectivity index (χ2n) is 14.0. The molecule has 0 amide bonds. The van der Waals surface area contributed by atoms with E-state index in [0.717, 1.165) is 37.1 Å². The van der Waals surface area contributed by atoms with Gasteiger partial charge in [-0.2, -0.15) is 9.77 Å². The standard InChI is InChI=1S/C31H45N7O5/c1-6-29(4)15-21(30(5)17(2)7-9-31(18(3)25(29)41)10-8-20(39)24(30)31)43-27(42)22-23(40)19-16-34-28(35-26(19)38(32)36-22)37-13-11-33-12-14-37/h16-18,21,24-25,33,41H,6-15,32H2,1-5H3/t17-,18+,21-,24?,25+,29-,30+,31?/m1/s1. The number of hydrogen-bond acceptors (Lipinski definition) is 11. The molecule has 43 heavy (non-hydrogen) atoms. The van der Waals surface area contributed by atoms with Crippen LogP contribution < -0.4 is 21.5 Å². The van der Waals surface area contributed by atoms with Crippen molar-refractivity contribution in [3.63, 3.8) is 0 Å². The van der Waals surface area contributed by atoms with Crippen molar-refractivity contribution in [1.82, 2.24) is 25.2 Å². The Kier molecular flexibility index (Phi) is 7.31. The Morgan fingerprint density at radius 2 is 1.93 bits per heavy atom. The number of aromatic nitrogens is 4. The van der Waals surface area contributed by atoms with Gasteiger partial charge in [0.2, 0.25) is 17.1 Å². The molecule has 4 N–H and O–H groups in total. The van der Waals surface area contributed by atoms with Crippen LogP contribution in [0.5, 0.6) is 0 Å². The van der Waals surface area contributed by atoms with Gasteiger partial charge in [-0.25, -0.2) is 9.78 Å². The van der Waals surface area contributed by atoms with E-state index in [4.69, 9.17) is 10.6 Å². The minimum Gasteiger partial charge on any atom is -0.457 e. The van der Waals surface area contributed by atoms with Gasteiger partial charge in [-0.1, -0.05) is 34.6 Å². The molecular weight excluding hydrogens is 550 g/mol. The van der Waals surface area contributed by atoms with Gasteiger partial charge in [0.1, 0.15) is 11.9 Å². The number of rotatable bonds is 4. The number of esters is 1. The number of ketones is 1. The van der Waals surface area contributed by atoms with Gasteiger partial charge in [0.15, 0.2) is 5.65 Å². The molecule has 1 aliphatic heterocycles. The summed E-state index contributed by atoms with van der Waals surface area (Å²) < 4.78 is 6.32. The number of carbonyl (C=O) groups is 2. The molecule has 12 heteroatoms. The summed E-state index contributed by atoms with van der Waals surface area (Å²) in [5.41, 5.74) is -2.57. The van der Waals surface area contributed by atoms with Gasteiger partial charge in [-0.15, -0.1) is 5.10 Å². The van der Waals surface area contributed by atoms with Crippen LogP contribution in [-0.2, 0) is 9.53 Å². The van der Waals surface area contributed by atoms with E-state index in [1.165, 1.54) is 6.20 Å². The van der Waals surface area contributed by atoms with E-state index in [-0.39, 0.29) is 40.0 Å².